The largest absolute Gasteiger partial charge is 0.492 e. The van der Waals surface area contributed by atoms with Crippen LogP contribution < -0.4 is 10.5 Å². The molecule has 1 fully saturated rings. The minimum Gasteiger partial charge on any atom is -0.492 e. The summed E-state index contributed by atoms with van der Waals surface area (Å²) in [5, 5.41) is 9.16. The van der Waals surface area contributed by atoms with Crippen molar-refractivity contribution in [2.45, 2.75) is 39.2 Å². The Labute approximate surface area is 143 Å². The Morgan fingerprint density at radius 1 is 1.38 bits per heavy atom. The van der Waals surface area contributed by atoms with Crippen molar-refractivity contribution in [1.82, 2.24) is 4.90 Å². The summed E-state index contributed by atoms with van der Waals surface area (Å²) >= 11 is 0. The number of rotatable bonds is 3. The van der Waals surface area contributed by atoms with Crippen LogP contribution in [0.3, 0.4) is 0 Å². The number of carbonyl (C=O) groups excluding carboxylic acids is 1. The second-order valence-electron chi connectivity index (χ2n) is 7.05. The van der Waals surface area contributed by atoms with Gasteiger partial charge < -0.3 is 20.1 Å². The van der Waals surface area contributed by atoms with Gasteiger partial charge in [0, 0.05) is 13.1 Å². The molecule has 0 radical (unpaired) electrons. The summed E-state index contributed by atoms with van der Waals surface area (Å²) in [5.41, 5.74) is 6.11. The van der Waals surface area contributed by atoms with Crippen LogP contribution in [-0.2, 0) is 4.74 Å². The number of benzene rings is 1. The Kier molecular flexibility index (Phi) is 5.55. The molecule has 1 aromatic carbocycles. The van der Waals surface area contributed by atoms with E-state index in [1.54, 1.807) is 23.1 Å². The Hall–Kier alpha value is -2.42. The van der Waals surface area contributed by atoms with Crippen LogP contribution in [0.1, 0.15) is 39.2 Å². The van der Waals surface area contributed by atoms with E-state index in [-0.39, 0.29) is 6.09 Å². The minimum absolute atomic E-state index is 0.260. The lowest BCUT2D eigenvalue weighted by molar-refractivity contribution is 0.0165. The summed E-state index contributed by atoms with van der Waals surface area (Å²) in [7, 11) is 0. The zero-order chi connectivity index (χ0) is 17.7. The number of nitrogens with two attached hydrogens (primary N) is 1. The standard InChI is InChI=1S/C18H25N3O3/c1-18(2,3)24-17(22)21-9-7-13(8-10-21)12-23-16-6-4-5-15(20)14(16)11-19/h4-6,13H,7-10,12,20H2,1-3H3. The molecule has 0 spiro atoms. The zero-order valence-corrected chi connectivity index (χ0v) is 14.5. The Morgan fingerprint density at radius 3 is 2.62 bits per heavy atom. The highest BCUT2D eigenvalue weighted by atomic mass is 16.6. The molecule has 24 heavy (non-hydrogen) atoms. The molecule has 6 nitrogen and oxygen atoms in total. The topological polar surface area (TPSA) is 88.6 Å². The minimum atomic E-state index is -0.474. The average molecular weight is 331 g/mol. The summed E-state index contributed by atoms with van der Waals surface area (Å²) in [6, 6.07) is 7.29. The fraction of sp³-hybridized carbons (Fsp3) is 0.556. The molecule has 1 aliphatic heterocycles. The smallest absolute Gasteiger partial charge is 0.410 e. The number of ether oxygens (including phenoxy) is 2. The molecule has 0 bridgehead atoms. The molecule has 1 aliphatic rings. The maximum absolute atomic E-state index is 12.0. The number of piperidine rings is 1. The highest BCUT2D eigenvalue weighted by Crippen LogP contribution is 2.26. The number of hydrogen-bond donors (Lipinski definition) is 1. The predicted molar refractivity (Wildman–Crippen MR) is 91.6 cm³/mol. The molecular weight excluding hydrogens is 306 g/mol. The SMILES string of the molecule is CC(C)(C)OC(=O)N1CCC(COc2cccc(N)c2C#N)CC1. The van der Waals surface area contributed by atoms with Crippen LogP contribution in [0.15, 0.2) is 18.2 Å². The molecule has 0 unspecified atom stereocenters. The van der Waals surface area contributed by atoms with Gasteiger partial charge in [0.05, 0.1) is 12.3 Å². The van der Waals surface area contributed by atoms with Crippen LogP contribution in [0.5, 0.6) is 5.75 Å². The Bertz CT molecular complexity index is 623. The molecule has 2 rings (SSSR count). The molecule has 130 valence electrons. The van der Waals surface area contributed by atoms with Gasteiger partial charge in [-0.15, -0.1) is 0 Å². The summed E-state index contributed by atoms with van der Waals surface area (Å²) in [6.07, 6.45) is 1.44. The van der Waals surface area contributed by atoms with Crippen molar-refractivity contribution in [2.75, 3.05) is 25.4 Å². The van der Waals surface area contributed by atoms with Gasteiger partial charge in [-0.2, -0.15) is 5.26 Å². The highest BCUT2D eigenvalue weighted by molar-refractivity contribution is 5.68. The molecule has 0 aromatic heterocycles. The van der Waals surface area contributed by atoms with Gasteiger partial charge in [-0.25, -0.2) is 4.79 Å². The number of amides is 1. The number of nitrogens with zero attached hydrogens (tertiary/aromatic N) is 2. The van der Waals surface area contributed by atoms with Crippen molar-refractivity contribution < 1.29 is 14.3 Å². The maximum Gasteiger partial charge on any atom is 0.410 e. The number of anilines is 1. The molecule has 0 aliphatic carbocycles. The van der Waals surface area contributed by atoms with Gasteiger partial charge in [-0.3, -0.25) is 0 Å². The first kappa shape index (κ1) is 17.9. The first-order chi connectivity index (χ1) is 11.3. The van der Waals surface area contributed by atoms with Crippen LogP contribution in [0.4, 0.5) is 10.5 Å². The van der Waals surface area contributed by atoms with Gasteiger partial charge in [0.1, 0.15) is 23.0 Å². The first-order valence-corrected chi connectivity index (χ1v) is 8.19. The fourth-order valence-corrected chi connectivity index (χ4v) is 2.60. The molecule has 6 heteroatoms. The van der Waals surface area contributed by atoms with Gasteiger partial charge in [0.2, 0.25) is 0 Å². The van der Waals surface area contributed by atoms with Crippen molar-refractivity contribution in [3.63, 3.8) is 0 Å². The second kappa shape index (κ2) is 7.43. The highest BCUT2D eigenvalue weighted by Gasteiger charge is 2.27. The third-order valence-corrected chi connectivity index (χ3v) is 3.91. The van der Waals surface area contributed by atoms with E-state index in [1.165, 1.54) is 0 Å². The number of nitriles is 1. The molecule has 0 atom stereocenters. The third-order valence-electron chi connectivity index (χ3n) is 3.91. The Morgan fingerprint density at radius 2 is 2.04 bits per heavy atom. The third kappa shape index (κ3) is 4.79. The molecule has 1 heterocycles. The van der Waals surface area contributed by atoms with Gasteiger partial charge in [-0.05, 0) is 51.7 Å². The van der Waals surface area contributed by atoms with Gasteiger partial charge in [-0.1, -0.05) is 6.07 Å². The van der Waals surface area contributed by atoms with E-state index in [4.69, 9.17) is 20.5 Å². The van der Waals surface area contributed by atoms with E-state index < -0.39 is 5.60 Å². The molecular formula is C18H25N3O3. The number of hydrogen-bond acceptors (Lipinski definition) is 5. The summed E-state index contributed by atoms with van der Waals surface area (Å²) in [6.45, 7) is 7.42. The van der Waals surface area contributed by atoms with Crippen LogP contribution in [0.25, 0.3) is 0 Å². The van der Waals surface area contributed by atoms with Gasteiger partial charge in [0.15, 0.2) is 0 Å². The quantitative estimate of drug-likeness (QED) is 0.859. The molecule has 1 aromatic rings. The summed E-state index contributed by atoms with van der Waals surface area (Å²) in [4.78, 5) is 13.8. The van der Waals surface area contributed by atoms with Gasteiger partial charge >= 0.3 is 6.09 Å². The van der Waals surface area contributed by atoms with Crippen LogP contribution in [0.2, 0.25) is 0 Å². The van der Waals surface area contributed by atoms with Crippen molar-refractivity contribution >= 4 is 11.8 Å². The van der Waals surface area contributed by atoms with Crippen molar-refractivity contribution in [2.24, 2.45) is 5.92 Å². The fourth-order valence-electron chi connectivity index (χ4n) is 2.60. The van der Waals surface area contributed by atoms with Gasteiger partial charge in [0.25, 0.3) is 0 Å². The van der Waals surface area contributed by atoms with Crippen LogP contribution >= 0.6 is 0 Å². The number of likely N-dealkylation sites (tertiary alicyclic amines) is 1. The monoisotopic (exact) mass is 331 g/mol. The lowest BCUT2D eigenvalue weighted by Gasteiger charge is -2.33. The number of nitrogen functional groups attached to an aromatic ring is 1. The van der Waals surface area contributed by atoms with E-state index >= 15 is 0 Å². The van der Waals surface area contributed by atoms with Crippen molar-refractivity contribution in [1.29, 1.82) is 5.26 Å². The van der Waals surface area contributed by atoms with E-state index in [1.807, 2.05) is 20.8 Å². The molecule has 1 saturated heterocycles. The van der Waals surface area contributed by atoms with E-state index in [9.17, 15) is 4.79 Å². The van der Waals surface area contributed by atoms with Crippen LogP contribution in [-0.4, -0.2) is 36.3 Å². The molecule has 1 amide bonds. The second-order valence-corrected chi connectivity index (χ2v) is 7.05. The molecule has 2 N–H and O–H groups in total. The normalized spacial score (nSPS) is 15.7. The van der Waals surface area contributed by atoms with E-state index in [0.29, 0.717) is 42.6 Å². The van der Waals surface area contributed by atoms with E-state index in [0.717, 1.165) is 12.8 Å². The van der Waals surface area contributed by atoms with E-state index in [2.05, 4.69) is 6.07 Å². The van der Waals surface area contributed by atoms with Crippen molar-refractivity contribution in [3.05, 3.63) is 23.8 Å². The lowest BCUT2D eigenvalue weighted by atomic mass is 9.98. The maximum atomic E-state index is 12.0. The zero-order valence-electron chi connectivity index (χ0n) is 14.5. The first-order valence-electron chi connectivity index (χ1n) is 8.19. The van der Waals surface area contributed by atoms with Crippen LogP contribution in [0, 0.1) is 17.2 Å². The lowest BCUT2D eigenvalue weighted by Crippen LogP contribution is -2.42. The number of carbonyl (C=O) groups is 1. The summed E-state index contributed by atoms with van der Waals surface area (Å²) < 4.78 is 11.2. The average Bonchev–Trinajstić information content (AvgIpc) is 2.52. The van der Waals surface area contributed by atoms with Crippen molar-refractivity contribution in [3.8, 4) is 11.8 Å². The Balaban J connectivity index is 1.83. The predicted octanol–water partition coefficient (Wildman–Crippen LogP) is 3.17. The summed E-state index contributed by atoms with van der Waals surface area (Å²) in [5.74, 6) is 0.865. The molecule has 0 saturated carbocycles.